The number of hydrogen-bond donors (Lipinski definition) is 1. The zero-order chi connectivity index (χ0) is 12.3. The van der Waals surface area contributed by atoms with Crippen LogP contribution in [0.15, 0.2) is 53.1 Å². The number of aromatic nitrogens is 1. The first-order valence-corrected chi connectivity index (χ1v) is 6.40. The van der Waals surface area contributed by atoms with Crippen molar-refractivity contribution in [3.63, 3.8) is 0 Å². The summed E-state index contributed by atoms with van der Waals surface area (Å²) >= 11 is 3.46. The molecule has 2 atom stereocenters. The molecule has 3 heteroatoms. The third kappa shape index (κ3) is 2.93. The molecule has 0 saturated heterocycles. The molecule has 0 fully saturated rings. The van der Waals surface area contributed by atoms with Crippen molar-refractivity contribution < 1.29 is 0 Å². The fourth-order valence-corrected chi connectivity index (χ4v) is 2.25. The van der Waals surface area contributed by atoms with Crippen LogP contribution in [0.1, 0.15) is 30.1 Å². The van der Waals surface area contributed by atoms with E-state index in [1.807, 2.05) is 30.3 Å². The summed E-state index contributed by atoms with van der Waals surface area (Å²) in [4.78, 5) is 4.36. The van der Waals surface area contributed by atoms with Crippen LogP contribution >= 0.6 is 15.9 Å². The minimum atomic E-state index is -0.0394. The molecule has 2 aromatic rings. The van der Waals surface area contributed by atoms with Gasteiger partial charge in [-0.1, -0.05) is 41.1 Å². The average Bonchev–Trinajstić information content (AvgIpc) is 2.38. The highest BCUT2D eigenvalue weighted by Gasteiger charge is 2.17. The van der Waals surface area contributed by atoms with Gasteiger partial charge in [-0.05, 0) is 29.8 Å². The summed E-state index contributed by atoms with van der Waals surface area (Å²) in [6.45, 7) is 2.11. The van der Waals surface area contributed by atoms with E-state index < -0.39 is 0 Å². The SMILES string of the molecule is CC(c1ccccn1)C(N)c1cccc(Br)c1. The van der Waals surface area contributed by atoms with E-state index in [1.54, 1.807) is 6.20 Å². The van der Waals surface area contributed by atoms with Gasteiger partial charge in [0.15, 0.2) is 0 Å². The van der Waals surface area contributed by atoms with Crippen molar-refractivity contribution in [3.05, 3.63) is 64.4 Å². The summed E-state index contributed by atoms with van der Waals surface area (Å²) in [6.07, 6.45) is 1.81. The number of halogens is 1. The lowest BCUT2D eigenvalue weighted by molar-refractivity contribution is 0.583. The molecule has 88 valence electrons. The van der Waals surface area contributed by atoms with Gasteiger partial charge in [0.2, 0.25) is 0 Å². The normalized spacial score (nSPS) is 14.3. The molecule has 0 aliphatic heterocycles. The Balaban J connectivity index is 2.23. The Morgan fingerprint density at radius 3 is 2.65 bits per heavy atom. The zero-order valence-corrected chi connectivity index (χ0v) is 11.3. The molecule has 2 N–H and O–H groups in total. The minimum Gasteiger partial charge on any atom is -0.323 e. The van der Waals surface area contributed by atoms with Crippen molar-refractivity contribution in [2.45, 2.75) is 18.9 Å². The quantitative estimate of drug-likeness (QED) is 0.937. The number of nitrogens with two attached hydrogens (primary N) is 1. The Morgan fingerprint density at radius 1 is 1.18 bits per heavy atom. The Bertz CT molecular complexity index is 485. The predicted molar refractivity (Wildman–Crippen MR) is 73.7 cm³/mol. The van der Waals surface area contributed by atoms with Gasteiger partial charge in [0.25, 0.3) is 0 Å². The maximum absolute atomic E-state index is 6.28. The number of rotatable bonds is 3. The van der Waals surface area contributed by atoms with Gasteiger partial charge < -0.3 is 5.73 Å². The van der Waals surface area contributed by atoms with Gasteiger partial charge in [0.1, 0.15) is 0 Å². The van der Waals surface area contributed by atoms with Crippen LogP contribution in [0.5, 0.6) is 0 Å². The summed E-state index contributed by atoms with van der Waals surface area (Å²) < 4.78 is 1.05. The molecule has 2 unspecified atom stereocenters. The standard InChI is InChI=1S/C14H15BrN2/c1-10(13-7-2-3-8-17-13)14(16)11-5-4-6-12(15)9-11/h2-10,14H,16H2,1H3. The summed E-state index contributed by atoms with van der Waals surface area (Å²) in [7, 11) is 0. The van der Waals surface area contributed by atoms with E-state index >= 15 is 0 Å². The van der Waals surface area contributed by atoms with Crippen LogP contribution in [0, 0.1) is 0 Å². The van der Waals surface area contributed by atoms with Crippen molar-refractivity contribution in [3.8, 4) is 0 Å². The van der Waals surface area contributed by atoms with Crippen molar-refractivity contribution in [2.75, 3.05) is 0 Å². The molecule has 2 nitrogen and oxygen atoms in total. The summed E-state index contributed by atoms with van der Waals surface area (Å²) in [6, 6.07) is 14.0. The lowest BCUT2D eigenvalue weighted by Gasteiger charge is -2.20. The molecular formula is C14H15BrN2. The Labute approximate surface area is 110 Å². The van der Waals surface area contributed by atoms with E-state index in [1.165, 1.54) is 0 Å². The van der Waals surface area contributed by atoms with E-state index in [-0.39, 0.29) is 12.0 Å². The third-order valence-electron chi connectivity index (χ3n) is 2.93. The Morgan fingerprint density at radius 2 is 2.00 bits per heavy atom. The molecule has 0 saturated carbocycles. The largest absolute Gasteiger partial charge is 0.323 e. The van der Waals surface area contributed by atoms with E-state index in [4.69, 9.17) is 5.73 Å². The first-order chi connectivity index (χ1) is 8.18. The lowest BCUT2D eigenvalue weighted by Crippen LogP contribution is -2.18. The van der Waals surface area contributed by atoms with Gasteiger partial charge in [-0.3, -0.25) is 4.98 Å². The zero-order valence-electron chi connectivity index (χ0n) is 9.68. The average molecular weight is 291 g/mol. The van der Waals surface area contributed by atoms with Crippen LogP contribution in [0.3, 0.4) is 0 Å². The first kappa shape index (κ1) is 12.3. The molecule has 0 bridgehead atoms. The van der Waals surface area contributed by atoms with Gasteiger partial charge in [0, 0.05) is 28.3 Å². The highest BCUT2D eigenvalue weighted by Crippen LogP contribution is 2.28. The predicted octanol–water partition coefficient (Wildman–Crippen LogP) is 3.65. The summed E-state index contributed by atoms with van der Waals surface area (Å²) in [5.41, 5.74) is 8.43. The molecule has 0 spiro atoms. The number of pyridine rings is 1. The van der Waals surface area contributed by atoms with Crippen LogP contribution in [-0.4, -0.2) is 4.98 Å². The van der Waals surface area contributed by atoms with Crippen molar-refractivity contribution in [1.82, 2.24) is 4.98 Å². The molecule has 1 aromatic carbocycles. The number of hydrogen-bond acceptors (Lipinski definition) is 2. The Hall–Kier alpha value is -1.19. The minimum absolute atomic E-state index is 0.0394. The van der Waals surface area contributed by atoms with E-state index in [2.05, 4.69) is 40.0 Å². The molecule has 0 aliphatic carbocycles. The van der Waals surface area contributed by atoms with Crippen LogP contribution < -0.4 is 5.73 Å². The van der Waals surface area contributed by atoms with E-state index in [9.17, 15) is 0 Å². The van der Waals surface area contributed by atoms with Crippen LogP contribution in [0.4, 0.5) is 0 Å². The smallest absolute Gasteiger partial charge is 0.0450 e. The van der Waals surface area contributed by atoms with Gasteiger partial charge >= 0.3 is 0 Å². The van der Waals surface area contributed by atoms with E-state index in [0.717, 1.165) is 15.7 Å². The molecule has 1 aromatic heterocycles. The lowest BCUT2D eigenvalue weighted by atomic mass is 9.92. The van der Waals surface area contributed by atoms with Crippen LogP contribution in [-0.2, 0) is 0 Å². The maximum atomic E-state index is 6.28. The van der Waals surface area contributed by atoms with Gasteiger partial charge in [0.05, 0.1) is 0 Å². The second-order valence-electron chi connectivity index (χ2n) is 4.12. The fourth-order valence-electron chi connectivity index (χ4n) is 1.83. The van der Waals surface area contributed by atoms with Crippen LogP contribution in [0.25, 0.3) is 0 Å². The summed E-state index contributed by atoms with van der Waals surface area (Å²) in [5.74, 6) is 0.200. The van der Waals surface area contributed by atoms with Gasteiger partial charge in [-0.25, -0.2) is 0 Å². The van der Waals surface area contributed by atoms with Crippen molar-refractivity contribution >= 4 is 15.9 Å². The summed E-state index contributed by atoms with van der Waals surface area (Å²) in [5, 5.41) is 0. The number of benzene rings is 1. The second-order valence-corrected chi connectivity index (χ2v) is 5.04. The molecule has 17 heavy (non-hydrogen) atoms. The van der Waals surface area contributed by atoms with Crippen molar-refractivity contribution in [2.24, 2.45) is 5.73 Å². The second kappa shape index (κ2) is 5.43. The molecule has 0 radical (unpaired) electrons. The topological polar surface area (TPSA) is 38.9 Å². The van der Waals surface area contributed by atoms with Crippen molar-refractivity contribution in [1.29, 1.82) is 0 Å². The molecule has 1 heterocycles. The molecule has 0 amide bonds. The van der Waals surface area contributed by atoms with Crippen LogP contribution in [0.2, 0.25) is 0 Å². The van der Waals surface area contributed by atoms with Gasteiger partial charge in [-0.2, -0.15) is 0 Å². The first-order valence-electron chi connectivity index (χ1n) is 5.60. The molecule has 0 aliphatic rings. The highest BCUT2D eigenvalue weighted by molar-refractivity contribution is 9.10. The third-order valence-corrected chi connectivity index (χ3v) is 3.42. The number of nitrogens with zero attached hydrogens (tertiary/aromatic N) is 1. The maximum Gasteiger partial charge on any atom is 0.0450 e. The fraction of sp³-hybridized carbons (Fsp3) is 0.214. The molecular weight excluding hydrogens is 276 g/mol. The van der Waals surface area contributed by atoms with E-state index in [0.29, 0.717) is 0 Å². The monoisotopic (exact) mass is 290 g/mol. The van der Waals surface area contributed by atoms with Gasteiger partial charge in [-0.15, -0.1) is 0 Å². The molecule has 2 rings (SSSR count). The highest BCUT2D eigenvalue weighted by atomic mass is 79.9. The Kier molecular flexibility index (Phi) is 3.92.